The van der Waals surface area contributed by atoms with Gasteiger partial charge in [-0.25, -0.2) is 4.79 Å². The first kappa shape index (κ1) is 41.4. The molecule has 5 rings (SSSR count). The van der Waals surface area contributed by atoms with Gasteiger partial charge in [0.15, 0.2) is 17.7 Å². The summed E-state index contributed by atoms with van der Waals surface area (Å²) in [7, 11) is 3.82. The number of likely N-dealkylation sites (N-methyl/N-ethyl adjacent to an activating group) is 1. The van der Waals surface area contributed by atoms with Gasteiger partial charge in [0.05, 0.1) is 30.1 Å². The molecule has 298 valence electrons. The number of fused-ring (bicyclic) bond motifs is 1. The molecule has 2 saturated heterocycles. The second kappa shape index (κ2) is 17.8. The fraction of sp³-hybridized carbons (Fsp3) is 0.700. The van der Waals surface area contributed by atoms with Gasteiger partial charge < -0.3 is 33.9 Å². The lowest BCUT2D eigenvalue weighted by molar-refractivity contribution is -0.267. The van der Waals surface area contributed by atoms with E-state index in [0.717, 1.165) is 17.7 Å². The maximum Gasteiger partial charge on any atom is 0.410 e. The maximum absolute atomic E-state index is 14.0. The Balaban J connectivity index is 1.35. The number of hydrogen-bond donors (Lipinski definition) is 1. The Hall–Kier alpha value is -3.72. The fourth-order valence-electron chi connectivity index (χ4n) is 8.46. The summed E-state index contributed by atoms with van der Waals surface area (Å²) in [5.74, 6) is -2.90. The standard InChI is InChI=1S/C40H60N6O8/c1-10-32-40(7)36(46(39(50)54-40)21-14-13-20-45-23-30(42-43-45)29-18-11-12-19-41-29)25(3)17-15-16-24(2)35(27(5)33(47)28(6)37(49)52-32)53-38-34(48)31(44(8)9)22-26(4)51-38/h11-12,16,18-19,23,25-28,31-32,34-36,38,48H,10,13-15,17,20-22H2,1-9H3/b24-16+/t25-,26?,27-,28+,31?,32+,34?,35-,36+,38-,40+/m0/s1. The molecule has 5 heterocycles. The number of amides is 1. The van der Waals surface area contributed by atoms with Gasteiger partial charge >= 0.3 is 12.1 Å². The first-order valence-electron chi connectivity index (χ1n) is 19.5. The van der Waals surface area contributed by atoms with E-state index in [2.05, 4.69) is 28.3 Å². The van der Waals surface area contributed by atoms with Crippen LogP contribution in [0.5, 0.6) is 0 Å². The minimum atomic E-state index is -1.14. The number of esters is 1. The molecule has 54 heavy (non-hydrogen) atoms. The highest BCUT2D eigenvalue weighted by molar-refractivity contribution is 6.00. The Bertz CT molecular complexity index is 1620. The number of aliphatic hydroxyl groups is 1. The van der Waals surface area contributed by atoms with Crippen LogP contribution in [0, 0.1) is 17.8 Å². The van der Waals surface area contributed by atoms with Crippen molar-refractivity contribution in [2.45, 2.75) is 142 Å². The summed E-state index contributed by atoms with van der Waals surface area (Å²) in [6.07, 6.45) is 5.42. The van der Waals surface area contributed by atoms with E-state index in [1.54, 1.807) is 29.6 Å². The molecule has 2 fully saturated rings. The Morgan fingerprint density at radius 2 is 1.81 bits per heavy atom. The van der Waals surface area contributed by atoms with Crippen LogP contribution in [0.3, 0.4) is 0 Å². The van der Waals surface area contributed by atoms with Gasteiger partial charge in [-0.3, -0.25) is 19.3 Å². The molecule has 1 N–H and O–H groups in total. The minimum Gasteiger partial charge on any atom is -0.458 e. The Morgan fingerprint density at radius 3 is 2.50 bits per heavy atom. The summed E-state index contributed by atoms with van der Waals surface area (Å²) >= 11 is 0. The fourth-order valence-corrected chi connectivity index (χ4v) is 8.46. The first-order valence-corrected chi connectivity index (χ1v) is 19.5. The Kier molecular flexibility index (Phi) is 13.7. The highest BCUT2D eigenvalue weighted by Gasteiger charge is 2.58. The number of Topliss-reactive ketones (excluding diaryl/α,β-unsaturated/α-hetero) is 1. The SMILES string of the molecule is CC[C@H]1OC(=O)[C@H](C)C(=O)[C@H](C)[C@@H](O[C@@H]2OC(C)CC(N(C)C)C2O)/C(C)=C/CC[C@H](C)[C@H]2N(CCCCn3cc(-c4ccccn4)nn3)C(=O)O[C@]12C. The number of nitrogens with zero attached hydrogens (tertiary/aromatic N) is 6. The highest BCUT2D eigenvalue weighted by atomic mass is 16.7. The normalized spacial score (nSPS) is 35.2. The number of aryl methyl sites for hydroxylation is 1. The van der Waals surface area contributed by atoms with E-state index < -0.39 is 60.1 Å². The van der Waals surface area contributed by atoms with E-state index in [4.69, 9.17) is 18.9 Å². The number of allylic oxidation sites excluding steroid dienone is 1. The molecule has 0 spiro atoms. The maximum atomic E-state index is 14.0. The molecule has 0 saturated carbocycles. The van der Waals surface area contributed by atoms with Crippen molar-refractivity contribution < 1.29 is 38.4 Å². The van der Waals surface area contributed by atoms with Gasteiger partial charge in [-0.05, 0) is 104 Å². The molecule has 0 aliphatic carbocycles. The van der Waals surface area contributed by atoms with E-state index in [-0.39, 0.29) is 23.8 Å². The van der Waals surface area contributed by atoms with Crippen LogP contribution in [0.15, 0.2) is 42.2 Å². The van der Waals surface area contributed by atoms with Crippen molar-refractivity contribution in [3.05, 3.63) is 42.2 Å². The molecule has 0 bridgehead atoms. The van der Waals surface area contributed by atoms with E-state index >= 15 is 0 Å². The van der Waals surface area contributed by atoms with Crippen LogP contribution < -0.4 is 0 Å². The smallest absolute Gasteiger partial charge is 0.410 e. The van der Waals surface area contributed by atoms with Crippen LogP contribution in [-0.4, -0.2) is 122 Å². The van der Waals surface area contributed by atoms with Crippen molar-refractivity contribution in [3.8, 4) is 11.4 Å². The number of ketones is 1. The van der Waals surface area contributed by atoms with Gasteiger partial charge in [0.25, 0.3) is 0 Å². The van der Waals surface area contributed by atoms with Crippen molar-refractivity contribution in [2.75, 3.05) is 20.6 Å². The van der Waals surface area contributed by atoms with Crippen LogP contribution in [0.25, 0.3) is 11.4 Å². The number of cyclic esters (lactones) is 1. The molecule has 0 aromatic carbocycles. The average molecular weight is 753 g/mol. The van der Waals surface area contributed by atoms with E-state index in [1.165, 1.54) is 0 Å². The largest absolute Gasteiger partial charge is 0.458 e. The molecule has 0 radical (unpaired) electrons. The summed E-state index contributed by atoms with van der Waals surface area (Å²) in [6, 6.07) is 5.07. The number of ether oxygens (including phenoxy) is 4. The van der Waals surface area contributed by atoms with Gasteiger partial charge in [0.2, 0.25) is 0 Å². The van der Waals surface area contributed by atoms with Crippen LogP contribution >= 0.6 is 0 Å². The van der Waals surface area contributed by atoms with Crippen molar-refractivity contribution in [1.82, 2.24) is 29.8 Å². The molecular formula is C40H60N6O8. The Labute approximate surface area is 319 Å². The number of carbonyl (C=O) groups is 3. The number of aromatic nitrogens is 4. The zero-order valence-corrected chi connectivity index (χ0v) is 33.4. The van der Waals surface area contributed by atoms with E-state index in [0.29, 0.717) is 50.9 Å². The van der Waals surface area contributed by atoms with Gasteiger partial charge in [0.1, 0.15) is 23.8 Å². The molecule has 14 nitrogen and oxygen atoms in total. The number of hydrogen-bond acceptors (Lipinski definition) is 12. The summed E-state index contributed by atoms with van der Waals surface area (Å²) in [4.78, 5) is 49.5. The molecule has 2 aromatic heterocycles. The van der Waals surface area contributed by atoms with Crippen LogP contribution in [0.4, 0.5) is 4.79 Å². The van der Waals surface area contributed by atoms with E-state index in [1.807, 2.05) is 71.1 Å². The van der Waals surface area contributed by atoms with Gasteiger partial charge in [-0.15, -0.1) is 5.10 Å². The molecule has 2 aromatic rings. The van der Waals surface area contributed by atoms with E-state index in [9.17, 15) is 19.5 Å². The van der Waals surface area contributed by atoms with Crippen molar-refractivity contribution in [2.24, 2.45) is 17.8 Å². The summed E-state index contributed by atoms with van der Waals surface area (Å²) in [6.45, 7) is 14.1. The zero-order chi connectivity index (χ0) is 39.3. The summed E-state index contributed by atoms with van der Waals surface area (Å²) in [5.41, 5.74) is 1.12. The molecule has 14 heteroatoms. The van der Waals surface area contributed by atoms with Crippen LogP contribution in [-0.2, 0) is 35.1 Å². The van der Waals surface area contributed by atoms with Crippen molar-refractivity contribution >= 4 is 17.8 Å². The first-order chi connectivity index (χ1) is 25.7. The zero-order valence-electron chi connectivity index (χ0n) is 33.4. The minimum absolute atomic E-state index is 0.0431. The predicted molar refractivity (Wildman–Crippen MR) is 201 cm³/mol. The number of aliphatic hydroxyl groups excluding tert-OH is 1. The molecule has 3 aliphatic rings. The number of carbonyl (C=O) groups excluding carboxylic acids is 3. The monoisotopic (exact) mass is 752 g/mol. The lowest BCUT2D eigenvalue weighted by atomic mass is 9.79. The lowest BCUT2D eigenvalue weighted by Gasteiger charge is -2.43. The Morgan fingerprint density at radius 1 is 1.07 bits per heavy atom. The van der Waals surface area contributed by atoms with Gasteiger partial charge in [-0.2, -0.15) is 0 Å². The third-order valence-electron chi connectivity index (χ3n) is 11.6. The molecular weight excluding hydrogens is 692 g/mol. The lowest BCUT2D eigenvalue weighted by Crippen LogP contribution is -2.56. The molecule has 1 amide bonds. The quantitative estimate of drug-likeness (QED) is 0.149. The van der Waals surface area contributed by atoms with Crippen molar-refractivity contribution in [3.63, 3.8) is 0 Å². The summed E-state index contributed by atoms with van der Waals surface area (Å²) < 4.78 is 26.7. The molecule has 3 aliphatic heterocycles. The topological polar surface area (TPSA) is 158 Å². The van der Waals surface area contributed by atoms with Gasteiger partial charge in [-0.1, -0.05) is 38.1 Å². The highest BCUT2D eigenvalue weighted by Crippen LogP contribution is 2.41. The second-order valence-corrected chi connectivity index (χ2v) is 15.9. The number of pyridine rings is 1. The predicted octanol–water partition coefficient (Wildman–Crippen LogP) is 5.05. The van der Waals surface area contributed by atoms with Crippen molar-refractivity contribution in [1.29, 1.82) is 0 Å². The average Bonchev–Trinajstić information content (AvgIpc) is 3.72. The number of unbranched alkanes of at least 4 members (excludes halogenated alkanes) is 1. The second-order valence-electron chi connectivity index (χ2n) is 15.9. The number of rotatable bonds is 10. The molecule has 3 unspecified atom stereocenters. The summed E-state index contributed by atoms with van der Waals surface area (Å²) in [5, 5.41) is 19.8. The molecule has 11 atom stereocenters. The third kappa shape index (κ3) is 9.04. The van der Waals surface area contributed by atoms with Gasteiger partial charge in [0, 0.05) is 31.2 Å². The van der Waals surface area contributed by atoms with Crippen LogP contribution in [0.2, 0.25) is 0 Å². The van der Waals surface area contributed by atoms with Crippen LogP contribution in [0.1, 0.15) is 87.0 Å². The third-order valence-corrected chi connectivity index (χ3v) is 11.6.